The highest BCUT2D eigenvalue weighted by atomic mass is 79.9. The van der Waals surface area contributed by atoms with Crippen molar-refractivity contribution in [2.75, 3.05) is 22.9 Å². The molecule has 0 fully saturated rings. The van der Waals surface area contributed by atoms with Gasteiger partial charge >= 0.3 is 0 Å². The van der Waals surface area contributed by atoms with Crippen LogP contribution >= 0.6 is 31.9 Å². The van der Waals surface area contributed by atoms with Crippen molar-refractivity contribution in [3.8, 4) is 11.1 Å². The average molecular weight is 550 g/mol. The zero-order chi connectivity index (χ0) is 22.5. The highest BCUT2D eigenvalue weighted by Gasteiger charge is 2.10. The Kier molecular flexibility index (Phi) is 7.33. The lowest BCUT2D eigenvalue weighted by molar-refractivity contribution is 1.02. The lowest BCUT2D eigenvalue weighted by Crippen LogP contribution is -2.15. The Bertz CT molecular complexity index is 1040. The predicted octanol–water partition coefficient (Wildman–Crippen LogP) is 9.19. The van der Waals surface area contributed by atoms with Gasteiger partial charge in [-0.1, -0.05) is 56.1 Å². The van der Waals surface area contributed by atoms with Crippen LogP contribution < -0.4 is 9.80 Å². The molecule has 0 aliphatic carbocycles. The van der Waals surface area contributed by atoms with Gasteiger partial charge < -0.3 is 9.80 Å². The maximum Gasteiger partial charge on any atom is 0.0411 e. The summed E-state index contributed by atoms with van der Waals surface area (Å²) in [7, 11) is 0. The van der Waals surface area contributed by atoms with Gasteiger partial charge in [-0.05, 0) is 97.8 Å². The molecule has 0 amide bonds. The van der Waals surface area contributed by atoms with E-state index in [9.17, 15) is 0 Å². The van der Waals surface area contributed by atoms with Crippen LogP contribution in [-0.2, 0) is 0 Å². The lowest BCUT2D eigenvalue weighted by atomic mass is 10.0. The molecule has 4 rings (SSSR count). The van der Waals surface area contributed by atoms with Crippen LogP contribution in [0.5, 0.6) is 0 Å². The number of nitrogens with zero attached hydrogens (tertiary/aromatic N) is 2. The summed E-state index contributed by atoms with van der Waals surface area (Å²) in [6.07, 6.45) is 0. The van der Waals surface area contributed by atoms with Crippen molar-refractivity contribution < 1.29 is 0 Å². The third kappa shape index (κ3) is 5.08. The van der Waals surface area contributed by atoms with Crippen LogP contribution in [0.4, 0.5) is 22.7 Å². The maximum absolute atomic E-state index is 3.52. The molecule has 4 aromatic rings. The molecule has 0 spiro atoms. The summed E-state index contributed by atoms with van der Waals surface area (Å²) in [6.45, 7) is 6.19. The van der Waals surface area contributed by atoms with E-state index in [1.165, 1.54) is 33.9 Å². The Morgan fingerprint density at radius 1 is 0.438 bits per heavy atom. The predicted molar refractivity (Wildman–Crippen MR) is 146 cm³/mol. The standard InChI is InChI=1S/C28H26Br2N2/c1-3-31(27-17-9-23(29)10-18-27)25-13-5-21(6-14-25)22-7-15-26(16-8-22)32(4-2)28-19-11-24(30)12-20-28/h5-20H,3-4H2,1-2H3. The first kappa shape index (κ1) is 22.6. The molecule has 32 heavy (non-hydrogen) atoms. The van der Waals surface area contributed by atoms with Crippen LogP contribution in [0, 0.1) is 0 Å². The van der Waals surface area contributed by atoms with E-state index in [-0.39, 0.29) is 0 Å². The van der Waals surface area contributed by atoms with Gasteiger partial charge in [0, 0.05) is 44.8 Å². The zero-order valence-corrected chi connectivity index (χ0v) is 21.5. The van der Waals surface area contributed by atoms with Crippen molar-refractivity contribution in [1.82, 2.24) is 0 Å². The van der Waals surface area contributed by atoms with Crippen LogP contribution in [0.2, 0.25) is 0 Å². The van der Waals surface area contributed by atoms with Crippen molar-refractivity contribution >= 4 is 54.6 Å². The zero-order valence-electron chi connectivity index (χ0n) is 18.3. The molecule has 2 nitrogen and oxygen atoms in total. The number of hydrogen-bond donors (Lipinski definition) is 0. The summed E-state index contributed by atoms with van der Waals surface area (Å²) in [6, 6.07) is 34.6. The molecular weight excluding hydrogens is 524 g/mol. The third-order valence-corrected chi connectivity index (χ3v) is 6.66. The summed E-state index contributed by atoms with van der Waals surface area (Å²) in [5.74, 6) is 0. The molecule has 4 aromatic carbocycles. The van der Waals surface area contributed by atoms with E-state index in [0.29, 0.717) is 0 Å². The molecule has 162 valence electrons. The molecular formula is C28H26Br2N2. The van der Waals surface area contributed by atoms with Gasteiger partial charge in [0.25, 0.3) is 0 Å². The monoisotopic (exact) mass is 548 g/mol. The molecule has 0 radical (unpaired) electrons. The Morgan fingerprint density at radius 2 is 0.688 bits per heavy atom. The third-order valence-electron chi connectivity index (χ3n) is 5.60. The fourth-order valence-electron chi connectivity index (χ4n) is 3.94. The fraction of sp³-hybridized carbons (Fsp3) is 0.143. The Balaban J connectivity index is 1.54. The van der Waals surface area contributed by atoms with Crippen LogP contribution in [0.3, 0.4) is 0 Å². The van der Waals surface area contributed by atoms with Gasteiger partial charge in [0.15, 0.2) is 0 Å². The van der Waals surface area contributed by atoms with Gasteiger partial charge in [0.2, 0.25) is 0 Å². The second kappa shape index (κ2) is 10.4. The summed E-state index contributed by atoms with van der Waals surface area (Å²) in [5.41, 5.74) is 7.23. The quantitative estimate of drug-likeness (QED) is 0.226. The lowest BCUT2D eigenvalue weighted by Gasteiger charge is -2.24. The number of benzene rings is 4. The van der Waals surface area contributed by atoms with E-state index in [4.69, 9.17) is 0 Å². The molecule has 4 heteroatoms. The van der Waals surface area contributed by atoms with Crippen LogP contribution in [-0.4, -0.2) is 13.1 Å². The first-order chi connectivity index (χ1) is 15.6. The van der Waals surface area contributed by atoms with E-state index in [1.807, 2.05) is 0 Å². The molecule has 0 aliphatic heterocycles. The van der Waals surface area contributed by atoms with Gasteiger partial charge in [-0.25, -0.2) is 0 Å². The largest absolute Gasteiger partial charge is 0.342 e. The summed E-state index contributed by atoms with van der Waals surface area (Å²) in [5, 5.41) is 0. The SMILES string of the molecule is CCN(c1ccc(Br)cc1)c1ccc(-c2ccc(N(CC)c3ccc(Br)cc3)cc2)cc1. The van der Waals surface area contributed by atoms with Crippen molar-refractivity contribution in [3.63, 3.8) is 0 Å². The Morgan fingerprint density at radius 3 is 0.938 bits per heavy atom. The van der Waals surface area contributed by atoms with Crippen LogP contribution in [0.25, 0.3) is 11.1 Å². The highest BCUT2D eigenvalue weighted by Crippen LogP contribution is 2.31. The fourth-order valence-corrected chi connectivity index (χ4v) is 4.47. The topological polar surface area (TPSA) is 6.48 Å². The molecule has 0 aromatic heterocycles. The van der Waals surface area contributed by atoms with Crippen LogP contribution in [0.1, 0.15) is 13.8 Å². The normalized spacial score (nSPS) is 10.8. The average Bonchev–Trinajstić information content (AvgIpc) is 2.83. The van der Waals surface area contributed by atoms with E-state index >= 15 is 0 Å². The highest BCUT2D eigenvalue weighted by molar-refractivity contribution is 9.10. The second-order valence-corrected chi connectivity index (χ2v) is 9.37. The molecule has 0 saturated heterocycles. The number of halogens is 2. The number of rotatable bonds is 7. The number of anilines is 4. The molecule has 0 atom stereocenters. The first-order valence-electron chi connectivity index (χ1n) is 10.9. The molecule has 0 N–H and O–H groups in total. The molecule has 0 heterocycles. The van der Waals surface area contributed by atoms with Gasteiger partial charge in [-0.15, -0.1) is 0 Å². The van der Waals surface area contributed by atoms with E-state index in [2.05, 4.69) is 153 Å². The Labute approximate surface area is 207 Å². The smallest absolute Gasteiger partial charge is 0.0411 e. The summed E-state index contributed by atoms with van der Waals surface area (Å²) in [4.78, 5) is 4.63. The summed E-state index contributed by atoms with van der Waals surface area (Å²) < 4.78 is 2.19. The van der Waals surface area contributed by atoms with E-state index < -0.39 is 0 Å². The van der Waals surface area contributed by atoms with E-state index in [0.717, 1.165) is 22.0 Å². The molecule has 0 unspecified atom stereocenters. The molecule has 0 saturated carbocycles. The van der Waals surface area contributed by atoms with E-state index in [1.54, 1.807) is 0 Å². The minimum atomic E-state index is 0.915. The minimum Gasteiger partial charge on any atom is -0.342 e. The van der Waals surface area contributed by atoms with Gasteiger partial charge in [-0.3, -0.25) is 0 Å². The first-order valence-corrected chi connectivity index (χ1v) is 12.4. The Hall–Kier alpha value is -2.56. The van der Waals surface area contributed by atoms with Gasteiger partial charge in [-0.2, -0.15) is 0 Å². The van der Waals surface area contributed by atoms with Gasteiger partial charge in [0.05, 0.1) is 0 Å². The maximum atomic E-state index is 3.52. The van der Waals surface area contributed by atoms with Crippen molar-refractivity contribution in [1.29, 1.82) is 0 Å². The number of hydrogen-bond acceptors (Lipinski definition) is 2. The summed E-state index contributed by atoms with van der Waals surface area (Å²) >= 11 is 7.04. The second-order valence-electron chi connectivity index (χ2n) is 7.54. The van der Waals surface area contributed by atoms with Crippen LogP contribution in [0.15, 0.2) is 106 Å². The van der Waals surface area contributed by atoms with Crippen molar-refractivity contribution in [3.05, 3.63) is 106 Å². The van der Waals surface area contributed by atoms with Gasteiger partial charge in [0.1, 0.15) is 0 Å². The molecule has 0 aliphatic rings. The van der Waals surface area contributed by atoms with Crippen molar-refractivity contribution in [2.45, 2.75) is 13.8 Å². The molecule has 0 bridgehead atoms. The van der Waals surface area contributed by atoms with Crippen molar-refractivity contribution in [2.24, 2.45) is 0 Å². The minimum absolute atomic E-state index is 0.915.